The molecular weight excluding hydrogens is 208 g/mol. The van der Waals surface area contributed by atoms with E-state index >= 15 is 0 Å². The molecule has 0 saturated heterocycles. The highest BCUT2D eigenvalue weighted by atomic mass is 32.2. The van der Waals surface area contributed by atoms with Crippen LogP contribution in [-0.4, -0.2) is 41.4 Å². The van der Waals surface area contributed by atoms with Crippen LogP contribution in [0.2, 0.25) is 0 Å². The summed E-state index contributed by atoms with van der Waals surface area (Å²) in [5.74, 6) is -2.91. The summed E-state index contributed by atoms with van der Waals surface area (Å²) < 4.78 is 4.57. The van der Waals surface area contributed by atoms with Gasteiger partial charge in [-0.15, -0.1) is 0 Å². The molecular formula is C8H12O5S. The molecule has 0 bridgehead atoms. The number of thioether (sulfide) groups is 1. The number of aliphatic carboxylic acids is 1. The van der Waals surface area contributed by atoms with Crippen molar-refractivity contribution in [2.75, 3.05) is 18.1 Å². The van der Waals surface area contributed by atoms with E-state index in [1.807, 2.05) is 0 Å². The van der Waals surface area contributed by atoms with Gasteiger partial charge in [0.25, 0.3) is 0 Å². The molecule has 0 aliphatic carbocycles. The lowest BCUT2D eigenvalue weighted by Crippen LogP contribution is -2.28. The Bertz CT molecular complexity index is 216. The lowest BCUT2D eigenvalue weighted by molar-refractivity contribution is -0.157. The number of hydrogen-bond acceptors (Lipinski definition) is 5. The molecule has 0 amide bonds. The third kappa shape index (κ3) is 4.86. The highest BCUT2D eigenvalue weighted by Crippen LogP contribution is 2.10. The molecule has 1 atom stereocenters. The van der Waals surface area contributed by atoms with E-state index in [0.29, 0.717) is 6.29 Å². The van der Waals surface area contributed by atoms with Gasteiger partial charge in [-0.1, -0.05) is 0 Å². The number of carbonyl (C=O) groups is 3. The third-order valence-electron chi connectivity index (χ3n) is 1.34. The number of hydrogen-bond donors (Lipinski definition) is 1. The highest BCUT2D eigenvalue weighted by molar-refractivity contribution is 7.99. The van der Waals surface area contributed by atoms with Crippen LogP contribution in [0.1, 0.15) is 6.92 Å². The third-order valence-corrected chi connectivity index (χ3v) is 2.28. The Hall–Kier alpha value is -1.04. The summed E-state index contributed by atoms with van der Waals surface area (Å²) in [7, 11) is 0. The zero-order valence-corrected chi connectivity index (χ0v) is 8.58. The predicted molar refractivity (Wildman–Crippen MR) is 51.1 cm³/mol. The van der Waals surface area contributed by atoms with Gasteiger partial charge < -0.3 is 14.6 Å². The standard InChI is InChI=1S/C8H12O5S/c1-2-13-8(12)6(7(10)11)5-14-4-3-9/h3,6H,2,4-5H2,1H3,(H,10,11). The van der Waals surface area contributed by atoms with Crippen LogP contribution in [0.3, 0.4) is 0 Å². The van der Waals surface area contributed by atoms with Crippen LogP contribution >= 0.6 is 11.8 Å². The van der Waals surface area contributed by atoms with Gasteiger partial charge in [0.2, 0.25) is 0 Å². The van der Waals surface area contributed by atoms with Crippen molar-refractivity contribution in [3.05, 3.63) is 0 Å². The maximum absolute atomic E-state index is 11.1. The number of esters is 1. The summed E-state index contributed by atoms with van der Waals surface area (Å²) in [4.78, 5) is 31.6. The van der Waals surface area contributed by atoms with Crippen LogP contribution in [0.15, 0.2) is 0 Å². The average molecular weight is 220 g/mol. The van der Waals surface area contributed by atoms with Gasteiger partial charge in [0, 0.05) is 11.5 Å². The minimum Gasteiger partial charge on any atom is -0.481 e. The average Bonchev–Trinajstić information content (AvgIpc) is 2.12. The lowest BCUT2D eigenvalue weighted by Gasteiger charge is -2.09. The van der Waals surface area contributed by atoms with E-state index in [4.69, 9.17) is 5.11 Å². The topological polar surface area (TPSA) is 80.7 Å². The number of carbonyl (C=O) groups excluding carboxylic acids is 2. The quantitative estimate of drug-likeness (QED) is 0.285. The summed E-state index contributed by atoms with van der Waals surface area (Å²) in [5, 5.41) is 8.67. The van der Waals surface area contributed by atoms with E-state index in [1.165, 1.54) is 0 Å². The van der Waals surface area contributed by atoms with Crippen molar-refractivity contribution < 1.29 is 24.2 Å². The van der Waals surface area contributed by atoms with Gasteiger partial charge in [0.1, 0.15) is 6.29 Å². The first kappa shape index (κ1) is 13.0. The number of aldehydes is 1. The Labute approximate surface area is 85.8 Å². The predicted octanol–water partition coefficient (Wildman–Crippen LogP) is 0.182. The molecule has 0 aromatic carbocycles. The molecule has 0 spiro atoms. The molecule has 0 rings (SSSR count). The minimum atomic E-state index is -1.22. The zero-order valence-electron chi connectivity index (χ0n) is 7.76. The van der Waals surface area contributed by atoms with Crippen molar-refractivity contribution >= 4 is 30.0 Å². The number of ether oxygens (including phenoxy) is 1. The second-order valence-electron chi connectivity index (χ2n) is 2.35. The first-order valence-electron chi connectivity index (χ1n) is 4.04. The van der Waals surface area contributed by atoms with Crippen molar-refractivity contribution in [1.29, 1.82) is 0 Å². The van der Waals surface area contributed by atoms with Crippen molar-refractivity contribution in [1.82, 2.24) is 0 Å². The van der Waals surface area contributed by atoms with Gasteiger partial charge in [-0.3, -0.25) is 9.59 Å². The Morgan fingerprint density at radius 1 is 1.57 bits per heavy atom. The first-order chi connectivity index (χ1) is 6.63. The summed E-state index contributed by atoms with van der Waals surface area (Å²) in [5.41, 5.74) is 0. The summed E-state index contributed by atoms with van der Waals surface area (Å²) in [6.45, 7) is 1.76. The van der Waals surface area contributed by atoms with Crippen molar-refractivity contribution in [3.63, 3.8) is 0 Å². The van der Waals surface area contributed by atoms with E-state index in [2.05, 4.69) is 4.74 Å². The first-order valence-corrected chi connectivity index (χ1v) is 5.19. The van der Waals surface area contributed by atoms with Gasteiger partial charge in [-0.05, 0) is 6.92 Å². The van der Waals surface area contributed by atoms with Gasteiger partial charge in [0.15, 0.2) is 5.92 Å². The van der Waals surface area contributed by atoms with Gasteiger partial charge >= 0.3 is 11.9 Å². The van der Waals surface area contributed by atoms with Crippen molar-refractivity contribution in [2.45, 2.75) is 6.92 Å². The molecule has 0 saturated carbocycles. The monoisotopic (exact) mass is 220 g/mol. The van der Waals surface area contributed by atoms with Crippen LogP contribution < -0.4 is 0 Å². The summed E-state index contributed by atoms with van der Waals surface area (Å²) >= 11 is 1.09. The zero-order chi connectivity index (χ0) is 11.0. The molecule has 5 nitrogen and oxygen atoms in total. The van der Waals surface area contributed by atoms with E-state index in [-0.39, 0.29) is 18.1 Å². The Kier molecular flexibility index (Phi) is 6.82. The fourth-order valence-electron chi connectivity index (χ4n) is 0.717. The maximum Gasteiger partial charge on any atom is 0.321 e. The lowest BCUT2D eigenvalue weighted by atomic mass is 10.2. The van der Waals surface area contributed by atoms with Crippen molar-refractivity contribution in [2.24, 2.45) is 5.92 Å². The Morgan fingerprint density at radius 2 is 2.21 bits per heavy atom. The van der Waals surface area contributed by atoms with Crippen LogP contribution in [0, 0.1) is 5.92 Å². The van der Waals surface area contributed by atoms with E-state index in [9.17, 15) is 14.4 Å². The second kappa shape index (κ2) is 7.37. The van der Waals surface area contributed by atoms with E-state index < -0.39 is 17.9 Å². The largest absolute Gasteiger partial charge is 0.481 e. The fraction of sp³-hybridized carbons (Fsp3) is 0.625. The molecule has 1 unspecified atom stereocenters. The number of rotatable bonds is 7. The summed E-state index contributed by atoms with van der Waals surface area (Å²) in [6.07, 6.45) is 0.661. The molecule has 1 N–H and O–H groups in total. The molecule has 0 aliphatic rings. The van der Waals surface area contributed by atoms with E-state index in [0.717, 1.165) is 11.8 Å². The second-order valence-corrected chi connectivity index (χ2v) is 3.42. The molecule has 80 valence electrons. The van der Waals surface area contributed by atoms with Crippen LogP contribution in [-0.2, 0) is 19.1 Å². The van der Waals surface area contributed by atoms with Crippen molar-refractivity contribution in [3.8, 4) is 0 Å². The molecule has 0 heterocycles. The number of carboxylic acids is 1. The fourth-order valence-corrected chi connectivity index (χ4v) is 1.46. The molecule has 0 aliphatic heterocycles. The van der Waals surface area contributed by atoms with Gasteiger partial charge in [0.05, 0.1) is 6.61 Å². The van der Waals surface area contributed by atoms with E-state index in [1.54, 1.807) is 6.92 Å². The van der Waals surface area contributed by atoms with Crippen LogP contribution in [0.25, 0.3) is 0 Å². The number of carboxylic acid groups (broad SMARTS) is 1. The normalized spacial score (nSPS) is 11.8. The smallest absolute Gasteiger partial charge is 0.321 e. The molecule has 14 heavy (non-hydrogen) atoms. The Balaban J connectivity index is 4.07. The maximum atomic E-state index is 11.1. The summed E-state index contributed by atoms with van der Waals surface area (Å²) in [6, 6.07) is 0. The molecule has 0 fully saturated rings. The molecule has 6 heteroatoms. The van der Waals surface area contributed by atoms with Gasteiger partial charge in [-0.25, -0.2) is 0 Å². The SMILES string of the molecule is CCOC(=O)C(CSCC=O)C(=O)O. The van der Waals surface area contributed by atoms with Gasteiger partial charge in [-0.2, -0.15) is 11.8 Å². The van der Waals surface area contributed by atoms with Crippen LogP contribution in [0.5, 0.6) is 0 Å². The minimum absolute atomic E-state index is 0.0624. The Morgan fingerprint density at radius 3 is 2.64 bits per heavy atom. The van der Waals surface area contributed by atoms with Crippen LogP contribution in [0.4, 0.5) is 0 Å². The molecule has 0 radical (unpaired) electrons. The highest BCUT2D eigenvalue weighted by Gasteiger charge is 2.27. The molecule has 0 aromatic rings. The molecule has 0 aromatic heterocycles.